The van der Waals surface area contributed by atoms with Crippen molar-refractivity contribution in [2.24, 2.45) is 0 Å². The van der Waals surface area contributed by atoms with Crippen molar-refractivity contribution in [3.05, 3.63) is 34.9 Å². The van der Waals surface area contributed by atoms with Gasteiger partial charge < -0.3 is 19.7 Å². The van der Waals surface area contributed by atoms with E-state index < -0.39 is 5.79 Å². The van der Waals surface area contributed by atoms with Gasteiger partial charge in [0, 0.05) is 29.9 Å². The van der Waals surface area contributed by atoms with Gasteiger partial charge in [0.2, 0.25) is 0 Å². The molecule has 6 heteroatoms. The summed E-state index contributed by atoms with van der Waals surface area (Å²) in [4.78, 5) is 14.3. The van der Waals surface area contributed by atoms with E-state index in [0.717, 1.165) is 30.8 Å². The van der Waals surface area contributed by atoms with Crippen LogP contribution in [0.2, 0.25) is 5.02 Å². The lowest BCUT2D eigenvalue weighted by Gasteiger charge is -2.38. The van der Waals surface area contributed by atoms with Crippen LogP contribution in [0.4, 0.5) is 4.79 Å². The van der Waals surface area contributed by atoms with Gasteiger partial charge in [0.05, 0.1) is 19.8 Å². The van der Waals surface area contributed by atoms with Crippen LogP contribution in [0, 0.1) is 0 Å². The zero-order valence-corrected chi connectivity index (χ0v) is 13.7. The molecule has 1 aromatic carbocycles. The Labute approximate surface area is 140 Å². The van der Waals surface area contributed by atoms with Gasteiger partial charge in [0.1, 0.15) is 0 Å². The first-order valence-electron chi connectivity index (χ1n) is 8.24. The summed E-state index contributed by atoms with van der Waals surface area (Å²) in [5.41, 5.74) is 1.23. The monoisotopic (exact) mass is 336 g/mol. The van der Waals surface area contributed by atoms with Crippen LogP contribution >= 0.6 is 11.6 Å². The molecule has 1 aromatic rings. The van der Waals surface area contributed by atoms with Crippen LogP contribution in [0.1, 0.15) is 30.7 Å². The van der Waals surface area contributed by atoms with Crippen LogP contribution in [0.15, 0.2) is 24.3 Å². The number of ether oxygens (including phenoxy) is 2. The highest BCUT2D eigenvalue weighted by Gasteiger charge is 2.44. The van der Waals surface area contributed by atoms with Crippen LogP contribution in [0.3, 0.4) is 0 Å². The summed E-state index contributed by atoms with van der Waals surface area (Å²) in [5.74, 6) is -0.164. The minimum absolute atomic E-state index is 0.00959. The van der Waals surface area contributed by atoms with Gasteiger partial charge in [-0.15, -0.1) is 0 Å². The molecule has 1 saturated carbocycles. The van der Waals surface area contributed by atoms with Crippen molar-refractivity contribution in [2.75, 3.05) is 26.3 Å². The Hall–Kier alpha value is -1.30. The van der Waals surface area contributed by atoms with E-state index in [4.69, 9.17) is 21.1 Å². The van der Waals surface area contributed by atoms with Crippen LogP contribution in [-0.2, 0) is 9.47 Å². The van der Waals surface area contributed by atoms with E-state index in [9.17, 15) is 4.79 Å². The summed E-state index contributed by atoms with van der Waals surface area (Å²) in [5, 5.41) is 3.88. The number of carbonyl (C=O) groups is 1. The second-order valence-electron chi connectivity index (χ2n) is 6.58. The molecule has 4 rings (SSSR count). The maximum atomic E-state index is 12.5. The molecule has 1 aliphatic carbocycles. The molecule has 1 N–H and O–H groups in total. The third-order valence-corrected chi connectivity index (χ3v) is 5.17. The fourth-order valence-electron chi connectivity index (χ4n) is 3.58. The van der Waals surface area contributed by atoms with Gasteiger partial charge in [0.25, 0.3) is 0 Å². The molecule has 0 radical (unpaired) electrons. The van der Waals surface area contributed by atoms with Gasteiger partial charge in [-0.1, -0.05) is 23.7 Å². The molecular weight excluding hydrogens is 316 g/mol. The molecule has 3 aliphatic rings. The zero-order valence-electron chi connectivity index (χ0n) is 13.0. The molecule has 2 atom stereocenters. The fraction of sp³-hybridized carbons (Fsp3) is 0.588. The Morgan fingerprint density at radius 1 is 1.26 bits per heavy atom. The van der Waals surface area contributed by atoms with Gasteiger partial charge in [-0.3, -0.25) is 0 Å². The molecule has 0 unspecified atom stereocenters. The highest BCUT2D eigenvalue weighted by atomic mass is 35.5. The Morgan fingerprint density at radius 2 is 2.00 bits per heavy atom. The molecule has 124 valence electrons. The lowest BCUT2D eigenvalue weighted by atomic mass is 10.1. The minimum atomic E-state index is -0.561. The van der Waals surface area contributed by atoms with E-state index >= 15 is 0 Å². The van der Waals surface area contributed by atoms with Crippen LogP contribution < -0.4 is 5.32 Å². The van der Waals surface area contributed by atoms with E-state index in [1.807, 2.05) is 29.2 Å². The third kappa shape index (κ3) is 3.18. The second-order valence-corrected chi connectivity index (χ2v) is 7.02. The van der Waals surface area contributed by atoms with Gasteiger partial charge in [-0.2, -0.15) is 0 Å². The van der Waals surface area contributed by atoms with Crippen molar-refractivity contribution in [1.29, 1.82) is 0 Å². The molecule has 2 heterocycles. The average Bonchev–Trinajstić information content (AvgIpc) is 3.18. The Bertz CT molecular complexity index is 586. The minimum Gasteiger partial charge on any atom is -0.346 e. The van der Waals surface area contributed by atoms with Crippen LogP contribution in [-0.4, -0.2) is 49.1 Å². The Balaban J connectivity index is 1.33. The quantitative estimate of drug-likeness (QED) is 0.903. The van der Waals surface area contributed by atoms with Crippen LogP contribution in [0.25, 0.3) is 0 Å². The maximum Gasteiger partial charge on any atom is 0.317 e. The lowest BCUT2D eigenvalue weighted by Crippen LogP contribution is -2.54. The predicted octanol–water partition coefficient (Wildman–Crippen LogP) is 2.74. The van der Waals surface area contributed by atoms with E-state index in [2.05, 4.69) is 5.32 Å². The van der Waals surface area contributed by atoms with Gasteiger partial charge >= 0.3 is 6.03 Å². The second kappa shape index (κ2) is 5.96. The topological polar surface area (TPSA) is 50.8 Å². The number of hydrogen-bond acceptors (Lipinski definition) is 3. The fourth-order valence-corrected chi connectivity index (χ4v) is 3.70. The van der Waals surface area contributed by atoms with Crippen molar-refractivity contribution in [3.63, 3.8) is 0 Å². The van der Waals surface area contributed by atoms with Crippen LogP contribution in [0.5, 0.6) is 0 Å². The standard InChI is InChI=1S/C17H21ClN2O3/c18-13-4-2-12(3-5-13)14-10-15(14)19-16(21)20-7-1-6-17(11-20)22-8-9-23-17/h2-5,14-15H,1,6-11H2,(H,19,21)/t14-,15+/m1/s1. The van der Waals surface area contributed by atoms with Crippen molar-refractivity contribution in [3.8, 4) is 0 Å². The largest absolute Gasteiger partial charge is 0.346 e. The molecule has 5 nitrogen and oxygen atoms in total. The molecular formula is C17H21ClN2O3. The number of piperidine rings is 1. The molecule has 0 aromatic heterocycles. The number of halogens is 1. The number of likely N-dealkylation sites (tertiary alicyclic amines) is 1. The number of benzene rings is 1. The summed E-state index contributed by atoms with van der Waals surface area (Å²) >= 11 is 5.92. The van der Waals surface area contributed by atoms with Gasteiger partial charge in [0.15, 0.2) is 5.79 Å². The Morgan fingerprint density at radius 3 is 2.74 bits per heavy atom. The normalized spacial score (nSPS) is 28.8. The molecule has 0 bridgehead atoms. The third-order valence-electron chi connectivity index (χ3n) is 4.92. The summed E-state index contributed by atoms with van der Waals surface area (Å²) in [6.07, 6.45) is 2.77. The summed E-state index contributed by atoms with van der Waals surface area (Å²) in [7, 11) is 0. The number of nitrogens with one attached hydrogen (secondary N) is 1. The Kier molecular flexibility index (Phi) is 3.95. The lowest BCUT2D eigenvalue weighted by molar-refractivity contribution is -0.182. The number of amides is 2. The summed E-state index contributed by atoms with van der Waals surface area (Å²) in [6.45, 7) is 2.53. The molecule has 2 amide bonds. The zero-order chi connectivity index (χ0) is 15.9. The molecule has 23 heavy (non-hydrogen) atoms. The molecule has 2 saturated heterocycles. The first kappa shape index (κ1) is 15.2. The molecule has 2 aliphatic heterocycles. The van der Waals surface area contributed by atoms with Crippen molar-refractivity contribution in [1.82, 2.24) is 10.2 Å². The van der Waals surface area contributed by atoms with Crippen molar-refractivity contribution < 1.29 is 14.3 Å². The molecule has 1 spiro atoms. The highest BCUT2D eigenvalue weighted by molar-refractivity contribution is 6.30. The van der Waals surface area contributed by atoms with Gasteiger partial charge in [-0.05, 0) is 30.5 Å². The summed E-state index contributed by atoms with van der Waals surface area (Å²) in [6, 6.07) is 8.08. The highest BCUT2D eigenvalue weighted by Crippen LogP contribution is 2.41. The predicted molar refractivity (Wildman–Crippen MR) is 86.6 cm³/mol. The number of rotatable bonds is 2. The number of carbonyl (C=O) groups excluding carboxylic acids is 1. The summed E-state index contributed by atoms with van der Waals surface area (Å²) < 4.78 is 11.5. The van der Waals surface area contributed by atoms with Gasteiger partial charge in [-0.25, -0.2) is 4.79 Å². The number of urea groups is 1. The smallest absolute Gasteiger partial charge is 0.317 e. The first-order chi connectivity index (χ1) is 11.2. The maximum absolute atomic E-state index is 12.5. The van der Waals surface area contributed by atoms with Crippen molar-refractivity contribution >= 4 is 17.6 Å². The van der Waals surface area contributed by atoms with E-state index in [0.29, 0.717) is 25.7 Å². The number of nitrogens with zero attached hydrogens (tertiary/aromatic N) is 1. The van der Waals surface area contributed by atoms with E-state index in [1.165, 1.54) is 5.56 Å². The van der Waals surface area contributed by atoms with Crippen molar-refractivity contribution in [2.45, 2.75) is 37.0 Å². The average molecular weight is 337 g/mol. The van der Waals surface area contributed by atoms with E-state index in [1.54, 1.807) is 0 Å². The first-order valence-corrected chi connectivity index (χ1v) is 8.62. The SMILES string of the molecule is O=C(N[C@H]1C[C@@H]1c1ccc(Cl)cc1)N1CCCC2(C1)OCCO2. The van der Waals surface area contributed by atoms with E-state index in [-0.39, 0.29) is 12.1 Å². The molecule has 3 fully saturated rings. The number of hydrogen-bond donors (Lipinski definition) is 1.